The zero-order chi connectivity index (χ0) is 13.1. The van der Waals surface area contributed by atoms with Crippen molar-refractivity contribution in [1.29, 1.82) is 0 Å². The van der Waals surface area contributed by atoms with Crippen molar-refractivity contribution in [3.8, 4) is 0 Å². The molecule has 0 aromatic heterocycles. The molecular weight excluding hydrogens is 224 g/mol. The van der Waals surface area contributed by atoms with Crippen LogP contribution in [0.1, 0.15) is 36.2 Å². The Hall–Kier alpha value is -1.61. The maximum absolute atomic E-state index is 11.2. The second kappa shape index (κ2) is 5.36. The highest BCUT2D eigenvalue weighted by atomic mass is 16.1. The molecule has 0 spiro atoms. The van der Waals surface area contributed by atoms with E-state index >= 15 is 0 Å². The number of hydrogen-bond donors (Lipinski definition) is 2. The summed E-state index contributed by atoms with van der Waals surface area (Å²) in [5.41, 5.74) is 8.32. The summed E-state index contributed by atoms with van der Waals surface area (Å²) in [7, 11) is 0. The quantitative estimate of drug-likeness (QED) is 0.856. The fourth-order valence-electron chi connectivity index (χ4n) is 2.37. The van der Waals surface area contributed by atoms with E-state index in [1.165, 1.54) is 5.57 Å². The molecule has 0 fully saturated rings. The normalized spacial score (nSPS) is 23.6. The van der Waals surface area contributed by atoms with Crippen LogP contribution in [-0.2, 0) is 0 Å². The van der Waals surface area contributed by atoms with Crippen molar-refractivity contribution in [2.24, 2.45) is 11.7 Å². The van der Waals surface area contributed by atoms with E-state index in [1.807, 2.05) is 18.2 Å². The first-order valence-electron chi connectivity index (χ1n) is 6.47. The van der Waals surface area contributed by atoms with Gasteiger partial charge in [0.1, 0.15) is 0 Å². The fraction of sp³-hybridized carbons (Fsp3) is 0.400. The van der Waals surface area contributed by atoms with Crippen molar-refractivity contribution in [3.05, 3.63) is 41.5 Å². The predicted octanol–water partition coefficient (Wildman–Crippen LogP) is 2.19. The van der Waals surface area contributed by atoms with E-state index < -0.39 is 0 Å². The summed E-state index contributed by atoms with van der Waals surface area (Å²) in [6.07, 6.45) is 3.35. The molecule has 2 atom stereocenters. The standard InChI is InChI=1S/C15H20N2O/c1-3-13-8-14(10(2)9-17-13)11-5-4-6-12(7-11)15(16)18/h4-8,10,13,17H,3,9H2,1-2H3,(H2,16,18). The van der Waals surface area contributed by atoms with Crippen LogP contribution in [0.3, 0.4) is 0 Å². The lowest BCUT2D eigenvalue weighted by Crippen LogP contribution is -2.35. The SMILES string of the molecule is CCC1C=C(c2cccc(C(N)=O)c2)C(C)CN1. The molecule has 0 radical (unpaired) electrons. The van der Waals surface area contributed by atoms with Crippen LogP contribution in [0.15, 0.2) is 30.3 Å². The summed E-state index contributed by atoms with van der Waals surface area (Å²) in [5.74, 6) is 0.0852. The molecule has 18 heavy (non-hydrogen) atoms. The van der Waals surface area contributed by atoms with Crippen LogP contribution in [0.4, 0.5) is 0 Å². The Bertz CT molecular complexity index is 479. The van der Waals surface area contributed by atoms with Crippen molar-refractivity contribution < 1.29 is 4.79 Å². The summed E-state index contributed by atoms with van der Waals surface area (Å²) in [6.45, 7) is 5.34. The molecule has 1 aromatic rings. The summed E-state index contributed by atoms with van der Waals surface area (Å²) in [5, 5.41) is 3.49. The third kappa shape index (κ3) is 2.62. The van der Waals surface area contributed by atoms with Crippen molar-refractivity contribution in [1.82, 2.24) is 5.32 Å². The van der Waals surface area contributed by atoms with Crippen LogP contribution in [-0.4, -0.2) is 18.5 Å². The van der Waals surface area contributed by atoms with Crippen molar-refractivity contribution in [2.75, 3.05) is 6.54 Å². The third-order valence-corrected chi connectivity index (χ3v) is 3.52. The van der Waals surface area contributed by atoms with Gasteiger partial charge in [0.25, 0.3) is 0 Å². The summed E-state index contributed by atoms with van der Waals surface area (Å²) < 4.78 is 0. The number of hydrogen-bond acceptors (Lipinski definition) is 2. The highest BCUT2D eigenvalue weighted by Crippen LogP contribution is 2.27. The number of primary amides is 1. The van der Waals surface area contributed by atoms with Gasteiger partial charge >= 0.3 is 0 Å². The van der Waals surface area contributed by atoms with Gasteiger partial charge in [-0.3, -0.25) is 4.79 Å². The highest BCUT2D eigenvalue weighted by Gasteiger charge is 2.19. The molecule has 2 rings (SSSR count). The van der Waals surface area contributed by atoms with Gasteiger partial charge in [-0.1, -0.05) is 32.1 Å². The average molecular weight is 244 g/mol. The van der Waals surface area contributed by atoms with E-state index in [1.54, 1.807) is 6.07 Å². The zero-order valence-electron chi connectivity index (χ0n) is 10.9. The second-order valence-electron chi connectivity index (χ2n) is 4.89. The average Bonchev–Trinajstić information content (AvgIpc) is 2.39. The van der Waals surface area contributed by atoms with Crippen molar-refractivity contribution >= 4 is 11.5 Å². The molecular formula is C15H20N2O. The molecule has 0 bridgehead atoms. The van der Waals surface area contributed by atoms with Crippen molar-refractivity contribution in [3.63, 3.8) is 0 Å². The number of carbonyl (C=O) groups excluding carboxylic acids is 1. The van der Waals surface area contributed by atoms with Gasteiger partial charge in [0.15, 0.2) is 0 Å². The largest absolute Gasteiger partial charge is 0.366 e. The molecule has 1 amide bonds. The number of nitrogens with one attached hydrogen (secondary N) is 1. The lowest BCUT2D eigenvalue weighted by atomic mass is 9.88. The van der Waals surface area contributed by atoms with Crippen LogP contribution < -0.4 is 11.1 Å². The summed E-state index contributed by atoms with van der Waals surface area (Å²) in [6, 6.07) is 8.02. The third-order valence-electron chi connectivity index (χ3n) is 3.52. The molecule has 0 saturated heterocycles. The number of amides is 1. The number of nitrogens with two attached hydrogens (primary N) is 1. The molecule has 1 aliphatic heterocycles. The second-order valence-corrected chi connectivity index (χ2v) is 4.89. The molecule has 2 unspecified atom stereocenters. The van der Waals surface area contributed by atoms with Gasteiger partial charge in [-0.25, -0.2) is 0 Å². The van der Waals surface area contributed by atoms with Gasteiger partial charge in [-0.05, 0) is 35.6 Å². The number of benzene rings is 1. The Labute approximate surface area is 108 Å². The minimum atomic E-state index is -0.369. The maximum atomic E-state index is 11.2. The molecule has 1 aliphatic rings. The predicted molar refractivity (Wildman–Crippen MR) is 74.2 cm³/mol. The Kier molecular flexibility index (Phi) is 3.82. The molecule has 3 heteroatoms. The minimum Gasteiger partial charge on any atom is -0.366 e. The topological polar surface area (TPSA) is 55.1 Å². The Morgan fingerprint density at radius 1 is 1.50 bits per heavy atom. The van der Waals surface area contributed by atoms with Crippen LogP contribution in [0.5, 0.6) is 0 Å². The van der Waals surface area contributed by atoms with E-state index in [2.05, 4.69) is 25.2 Å². The van der Waals surface area contributed by atoms with Crippen molar-refractivity contribution in [2.45, 2.75) is 26.3 Å². The molecule has 3 nitrogen and oxygen atoms in total. The van der Waals surface area contributed by atoms with Crippen LogP contribution in [0.25, 0.3) is 5.57 Å². The molecule has 0 saturated carbocycles. The Morgan fingerprint density at radius 2 is 2.28 bits per heavy atom. The molecule has 96 valence electrons. The van der Waals surface area contributed by atoms with Crippen LogP contribution in [0, 0.1) is 5.92 Å². The molecule has 0 aliphatic carbocycles. The van der Waals surface area contributed by atoms with E-state index in [-0.39, 0.29) is 5.91 Å². The van der Waals surface area contributed by atoms with Gasteiger partial charge in [0.2, 0.25) is 5.91 Å². The molecule has 1 heterocycles. The van der Waals surface area contributed by atoms with E-state index in [9.17, 15) is 4.79 Å². The van der Waals surface area contributed by atoms with Crippen LogP contribution in [0.2, 0.25) is 0 Å². The minimum absolute atomic E-state index is 0.369. The van der Waals surface area contributed by atoms with Gasteiger partial charge in [0, 0.05) is 18.2 Å². The first-order valence-corrected chi connectivity index (χ1v) is 6.47. The number of carbonyl (C=O) groups is 1. The molecule has 3 N–H and O–H groups in total. The lowest BCUT2D eigenvalue weighted by Gasteiger charge is -2.27. The highest BCUT2D eigenvalue weighted by molar-refractivity contribution is 5.93. The van der Waals surface area contributed by atoms with E-state index in [0.29, 0.717) is 17.5 Å². The zero-order valence-corrected chi connectivity index (χ0v) is 10.9. The van der Waals surface area contributed by atoms with Gasteiger partial charge in [-0.15, -0.1) is 0 Å². The monoisotopic (exact) mass is 244 g/mol. The summed E-state index contributed by atoms with van der Waals surface area (Å²) >= 11 is 0. The molecule has 1 aromatic carbocycles. The first-order chi connectivity index (χ1) is 8.61. The maximum Gasteiger partial charge on any atom is 0.248 e. The van der Waals surface area contributed by atoms with Gasteiger partial charge in [0.05, 0.1) is 0 Å². The Morgan fingerprint density at radius 3 is 2.94 bits per heavy atom. The van der Waals surface area contributed by atoms with E-state index in [0.717, 1.165) is 18.5 Å². The van der Waals surface area contributed by atoms with E-state index in [4.69, 9.17) is 5.73 Å². The smallest absolute Gasteiger partial charge is 0.248 e. The number of rotatable bonds is 3. The fourth-order valence-corrected chi connectivity index (χ4v) is 2.37. The van der Waals surface area contributed by atoms with Gasteiger partial charge < -0.3 is 11.1 Å². The van der Waals surface area contributed by atoms with Gasteiger partial charge in [-0.2, -0.15) is 0 Å². The van der Waals surface area contributed by atoms with Crippen LogP contribution >= 0.6 is 0 Å². The summed E-state index contributed by atoms with van der Waals surface area (Å²) in [4.78, 5) is 11.2. The lowest BCUT2D eigenvalue weighted by molar-refractivity contribution is 0.100. The Balaban J connectivity index is 2.37. The first kappa shape index (κ1) is 12.8.